The predicted octanol–water partition coefficient (Wildman–Crippen LogP) is 0.183. The number of carboxylic acids is 1. The van der Waals surface area contributed by atoms with E-state index in [1.54, 1.807) is 0 Å². The number of nitrogens with zero attached hydrogens (tertiary/aromatic N) is 1. The SMILES string of the molecule is CS(=O)(=O)c1cncc(C(=O)O)c1. The van der Waals surface area contributed by atoms with Gasteiger partial charge in [0.1, 0.15) is 0 Å². The van der Waals surface area contributed by atoms with Crippen LogP contribution < -0.4 is 0 Å². The van der Waals surface area contributed by atoms with Crippen LogP contribution in [0.2, 0.25) is 0 Å². The van der Waals surface area contributed by atoms with Crippen LogP contribution in [0.3, 0.4) is 0 Å². The lowest BCUT2D eigenvalue weighted by atomic mass is 10.3. The number of sulfone groups is 1. The molecule has 0 aliphatic carbocycles. The van der Waals surface area contributed by atoms with Crippen molar-refractivity contribution < 1.29 is 18.3 Å². The highest BCUT2D eigenvalue weighted by Crippen LogP contribution is 2.08. The van der Waals surface area contributed by atoms with Gasteiger partial charge in [0.2, 0.25) is 0 Å². The summed E-state index contributed by atoms with van der Waals surface area (Å²) in [5.41, 5.74) is -0.136. The van der Waals surface area contributed by atoms with E-state index in [-0.39, 0.29) is 10.5 Å². The first-order valence-electron chi connectivity index (χ1n) is 3.29. The number of rotatable bonds is 2. The van der Waals surface area contributed by atoms with Crippen molar-refractivity contribution in [1.29, 1.82) is 0 Å². The largest absolute Gasteiger partial charge is 0.478 e. The first-order valence-corrected chi connectivity index (χ1v) is 5.19. The molecule has 0 saturated heterocycles. The molecular weight excluding hydrogens is 194 g/mol. The number of pyridine rings is 1. The third kappa shape index (κ3) is 2.25. The van der Waals surface area contributed by atoms with Crippen LogP contribution in [-0.2, 0) is 9.84 Å². The summed E-state index contributed by atoms with van der Waals surface area (Å²) in [7, 11) is -3.38. The van der Waals surface area contributed by atoms with E-state index in [0.717, 1.165) is 24.7 Å². The number of carbonyl (C=O) groups is 1. The molecule has 0 unspecified atom stereocenters. The van der Waals surface area contributed by atoms with E-state index in [4.69, 9.17) is 5.11 Å². The van der Waals surface area contributed by atoms with Crippen LogP contribution >= 0.6 is 0 Å². The van der Waals surface area contributed by atoms with E-state index in [1.807, 2.05) is 0 Å². The average molecular weight is 201 g/mol. The first-order chi connectivity index (χ1) is 5.91. The van der Waals surface area contributed by atoms with E-state index in [0.29, 0.717) is 0 Å². The van der Waals surface area contributed by atoms with E-state index in [1.165, 1.54) is 0 Å². The molecular formula is C7H7NO4S. The van der Waals surface area contributed by atoms with E-state index >= 15 is 0 Å². The fourth-order valence-corrected chi connectivity index (χ4v) is 1.33. The Labute approximate surface area is 75.0 Å². The van der Waals surface area contributed by atoms with Gasteiger partial charge < -0.3 is 5.11 Å². The number of hydrogen-bond donors (Lipinski definition) is 1. The number of aromatic carboxylic acids is 1. The van der Waals surface area contributed by atoms with Crippen LogP contribution in [0.1, 0.15) is 10.4 Å². The summed E-state index contributed by atoms with van der Waals surface area (Å²) in [4.78, 5) is 13.9. The second-order valence-corrected chi connectivity index (χ2v) is 4.50. The first kappa shape index (κ1) is 9.66. The van der Waals surface area contributed by atoms with Crippen molar-refractivity contribution in [2.75, 3.05) is 6.26 Å². The van der Waals surface area contributed by atoms with Crippen molar-refractivity contribution in [1.82, 2.24) is 4.98 Å². The highest BCUT2D eigenvalue weighted by molar-refractivity contribution is 7.90. The zero-order valence-corrected chi connectivity index (χ0v) is 7.58. The van der Waals surface area contributed by atoms with Gasteiger partial charge in [-0.25, -0.2) is 13.2 Å². The highest BCUT2D eigenvalue weighted by atomic mass is 32.2. The van der Waals surface area contributed by atoms with Crippen LogP contribution in [0, 0.1) is 0 Å². The van der Waals surface area contributed by atoms with Crippen LogP contribution in [0.5, 0.6) is 0 Å². The minimum atomic E-state index is -3.38. The molecule has 0 aliphatic rings. The topological polar surface area (TPSA) is 84.3 Å². The van der Waals surface area contributed by atoms with Gasteiger partial charge in [-0.1, -0.05) is 0 Å². The summed E-state index contributed by atoms with van der Waals surface area (Å²) < 4.78 is 21.9. The van der Waals surface area contributed by atoms with Crippen LogP contribution in [-0.4, -0.2) is 30.7 Å². The van der Waals surface area contributed by atoms with Crippen molar-refractivity contribution in [3.8, 4) is 0 Å². The molecule has 1 N–H and O–H groups in total. The van der Waals surface area contributed by atoms with Gasteiger partial charge in [0.25, 0.3) is 0 Å². The minimum Gasteiger partial charge on any atom is -0.478 e. The molecule has 1 rings (SSSR count). The zero-order valence-electron chi connectivity index (χ0n) is 6.76. The van der Waals surface area contributed by atoms with E-state index in [2.05, 4.69) is 4.98 Å². The van der Waals surface area contributed by atoms with Gasteiger partial charge in [-0.2, -0.15) is 0 Å². The lowest BCUT2D eigenvalue weighted by Gasteiger charge is -1.97. The molecule has 0 fully saturated rings. The maximum absolute atomic E-state index is 11.0. The summed E-state index contributed by atoms with van der Waals surface area (Å²) >= 11 is 0. The van der Waals surface area contributed by atoms with Gasteiger partial charge in [0, 0.05) is 18.6 Å². The lowest BCUT2D eigenvalue weighted by molar-refractivity contribution is 0.0696. The Morgan fingerprint density at radius 1 is 1.46 bits per heavy atom. The van der Waals surface area contributed by atoms with Gasteiger partial charge in [0.05, 0.1) is 10.5 Å². The lowest BCUT2D eigenvalue weighted by Crippen LogP contribution is -2.02. The fourth-order valence-electron chi connectivity index (χ4n) is 0.739. The molecule has 0 atom stereocenters. The van der Waals surface area contributed by atoms with Crippen LogP contribution in [0.4, 0.5) is 0 Å². The second-order valence-electron chi connectivity index (χ2n) is 2.49. The Hall–Kier alpha value is -1.43. The van der Waals surface area contributed by atoms with Crippen molar-refractivity contribution in [3.63, 3.8) is 0 Å². The number of carboxylic acid groups (broad SMARTS) is 1. The predicted molar refractivity (Wildman–Crippen MR) is 44.3 cm³/mol. The average Bonchev–Trinajstić information content (AvgIpc) is 2.03. The Bertz CT molecular complexity index is 438. The van der Waals surface area contributed by atoms with Crippen molar-refractivity contribution >= 4 is 15.8 Å². The molecule has 0 aromatic carbocycles. The molecule has 0 spiro atoms. The maximum atomic E-state index is 11.0. The molecule has 0 radical (unpaired) electrons. The molecule has 13 heavy (non-hydrogen) atoms. The molecule has 1 heterocycles. The summed E-state index contributed by atoms with van der Waals surface area (Å²) in [5.74, 6) is -1.20. The van der Waals surface area contributed by atoms with Crippen molar-refractivity contribution in [3.05, 3.63) is 24.0 Å². The third-order valence-electron chi connectivity index (χ3n) is 1.39. The highest BCUT2D eigenvalue weighted by Gasteiger charge is 2.10. The Morgan fingerprint density at radius 2 is 2.08 bits per heavy atom. The summed E-state index contributed by atoms with van der Waals surface area (Å²) in [5, 5.41) is 8.54. The van der Waals surface area contributed by atoms with Crippen molar-refractivity contribution in [2.24, 2.45) is 0 Å². The third-order valence-corrected chi connectivity index (χ3v) is 2.47. The standard InChI is InChI=1S/C7H7NO4S/c1-13(11,12)6-2-5(7(9)10)3-8-4-6/h2-4H,1H3,(H,9,10). The number of aromatic nitrogens is 1. The molecule has 0 saturated carbocycles. The van der Waals surface area contributed by atoms with Crippen molar-refractivity contribution in [2.45, 2.75) is 4.90 Å². The van der Waals surface area contributed by atoms with E-state index < -0.39 is 15.8 Å². The van der Waals surface area contributed by atoms with Crippen LogP contribution in [0.15, 0.2) is 23.4 Å². The Balaban J connectivity index is 3.29. The molecule has 0 bridgehead atoms. The van der Waals surface area contributed by atoms with Gasteiger partial charge in [-0.15, -0.1) is 0 Å². The molecule has 6 heteroatoms. The van der Waals surface area contributed by atoms with Gasteiger partial charge in [-0.3, -0.25) is 4.98 Å². The molecule has 1 aromatic rings. The smallest absolute Gasteiger partial charge is 0.337 e. The minimum absolute atomic E-state index is 0.0904. The maximum Gasteiger partial charge on any atom is 0.337 e. The Morgan fingerprint density at radius 3 is 2.54 bits per heavy atom. The molecule has 0 aliphatic heterocycles. The fraction of sp³-hybridized carbons (Fsp3) is 0.143. The zero-order chi connectivity index (χ0) is 10.1. The van der Waals surface area contributed by atoms with Gasteiger partial charge >= 0.3 is 5.97 Å². The molecule has 70 valence electrons. The Kier molecular flexibility index (Phi) is 2.33. The normalized spacial score (nSPS) is 11.2. The monoisotopic (exact) mass is 201 g/mol. The van der Waals surface area contributed by atoms with Crippen LogP contribution in [0.25, 0.3) is 0 Å². The quantitative estimate of drug-likeness (QED) is 0.738. The molecule has 5 nitrogen and oxygen atoms in total. The molecule has 1 aromatic heterocycles. The second kappa shape index (κ2) is 3.14. The summed E-state index contributed by atoms with van der Waals surface area (Å²) in [6, 6.07) is 1.07. The number of hydrogen-bond acceptors (Lipinski definition) is 4. The van der Waals surface area contributed by atoms with Gasteiger partial charge in [0.15, 0.2) is 9.84 Å². The van der Waals surface area contributed by atoms with Gasteiger partial charge in [-0.05, 0) is 6.07 Å². The summed E-state index contributed by atoms with van der Waals surface area (Å²) in [6.45, 7) is 0. The molecule has 0 amide bonds. The summed E-state index contributed by atoms with van der Waals surface area (Å²) in [6.07, 6.45) is 3.20. The van der Waals surface area contributed by atoms with E-state index in [9.17, 15) is 13.2 Å².